The highest BCUT2D eigenvalue weighted by molar-refractivity contribution is 7.15. The summed E-state index contributed by atoms with van der Waals surface area (Å²) in [5.41, 5.74) is 6.51. The fraction of sp³-hybridized carbons (Fsp3) is 0.429. The van der Waals surface area contributed by atoms with Gasteiger partial charge >= 0.3 is 0 Å². The lowest BCUT2D eigenvalue weighted by Crippen LogP contribution is -2.32. The number of anilines is 1. The van der Waals surface area contributed by atoms with Crippen LogP contribution in [0.4, 0.5) is 5.88 Å². The zero-order valence-electron chi connectivity index (χ0n) is 12.3. The summed E-state index contributed by atoms with van der Waals surface area (Å²) in [5, 5.41) is 6.69. The van der Waals surface area contributed by atoms with Gasteiger partial charge < -0.3 is 20.3 Å². The largest absolute Gasteiger partial charge is 0.380 e. The molecule has 6 nitrogen and oxygen atoms in total. The first-order valence-electron chi connectivity index (χ1n) is 6.72. The Morgan fingerprint density at radius 3 is 2.95 bits per heavy atom. The minimum atomic E-state index is -0.306. The van der Waals surface area contributed by atoms with Crippen LogP contribution in [0.25, 0.3) is 10.6 Å². The lowest BCUT2D eigenvalue weighted by Gasteiger charge is -2.10. The van der Waals surface area contributed by atoms with Crippen LogP contribution in [-0.4, -0.2) is 30.8 Å². The van der Waals surface area contributed by atoms with Gasteiger partial charge in [-0.05, 0) is 25.5 Å². The topological polar surface area (TPSA) is 90.4 Å². The van der Waals surface area contributed by atoms with Crippen LogP contribution in [0.2, 0.25) is 0 Å². The van der Waals surface area contributed by atoms with Crippen LogP contribution in [0.3, 0.4) is 0 Å². The molecule has 0 fully saturated rings. The number of aromatic nitrogens is 1. The van der Waals surface area contributed by atoms with Crippen LogP contribution >= 0.6 is 11.3 Å². The third-order valence-corrected chi connectivity index (χ3v) is 4.38. The van der Waals surface area contributed by atoms with Crippen LogP contribution in [0.1, 0.15) is 29.1 Å². The number of hydrogen-bond acceptors (Lipinski definition) is 6. The quantitative estimate of drug-likeness (QED) is 0.854. The Balaban J connectivity index is 2.23. The van der Waals surface area contributed by atoms with E-state index in [2.05, 4.69) is 17.4 Å². The van der Waals surface area contributed by atoms with Crippen molar-refractivity contribution in [3.63, 3.8) is 0 Å². The number of hydrogen-bond donors (Lipinski definition) is 2. The highest BCUT2D eigenvalue weighted by atomic mass is 32.1. The molecule has 2 heterocycles. The molecule has 0 aliphatic heterocycles. The molecule has 1 unspecified atom stereocenters. The number of thiophene rings is 1. The number of amides is 1. The average Bonchev–Trinajstić information content (AvgIpc) is 3.10. The van der Waals surface area contributed by atoms with E-state index in [0.29, 0.717) is 12.2 Å². The molecule has 0 radical (unpaired) electrons. The number of nitrogens with zero attached hydrogens (tertiary/aromatic N) is 1. The van der Waals surface area contributed by atoms with E-state index in [0.717, 1.165) is 11.3 Å². The van der Waals surface area contributed by atoms with Crippen molar-refractivity contribution in [2.45, 2.75) is 26.4 Å². The number of nitrogen functional groups attached to an aromatic ring is 1. The number of carbonyl (C=O) groups excluding carboxylic acids is 1. The van der Waals surface area contributed by atoms with Gasteiger partial charge in [0.1, 0.15) is 11.3 Å². The summed E-state index contributed by atoms with van der Waals surface area (Å²) in [6.07, 6.45) is 0.858. The third kappa shape index (κ3) is 3.43. The van der Waals surface area contributed by atoms with Gasteiger partial charge in [-0.3, -0.25) is 4.79 Å². The molecule has 0 bridgehead atoms. The number of aryl methyl sites for hydroxylation is 1. The molecule has 7 heteroatoms. The van der Waals surface area contributed by atoms with Gasteiger partial charge in [0.05, 0.1) is 11.0 Å². The number of nitrogens with two attached hydrogens (primary N) is 1. The number of methoxy groups -OCH3 is 1. The van der Waals surface area contributed by atoms with Crippen molar-refractivity contribution in [2.75, 3.05) is 19.4 Å². The van der Waals surface area contributed by atoms with Crippen molar-refractivity contribution in [3.8, 4) is 10.6 Å². The number of rotatable bonds is 6. The predicted molar refractivity (Wildman–Crippen MR) is 82.4 cm³/mol. The van der Waals surface area contributed by atoms with E-state index in [1.165, 1.54) is 4.88 Å². The fourth-order valence-electron chi connectivity index (χ4n) is 1.79. The molecule has 2 aromatic heterocycles. The van der Waals surface area contributed by atoms with Crippen LogP contribution in [0.5, 0.6) is 0 Å². The van der Waals surface area contributed by atoms with Crippen molar-refractivity contribution >= 4 is 23.1 Å². The van der Waals surface area contributed by atoms with E-state index in [1.807, 2.05) is 19.1 Å². The normalized spacial score (nSPS) is 12.3. The maximum Gasteiger partial charge on any atom is 0.259 e. The highest BCUT2D eigenvalue weighted by Crippen LogP contribution is 2.32. The van der Waals surface area contributed by atoms with Crippen LogP contribution < -0.4 is 11.1 Å². The zero-order valence-corrected chi connectivity index (χ0v) is 13.1. The van der Waals surface area contributed by atoms with Crippen LogP contribution in [0.15, 0.2) is 16.7 Å². The summed E-state index contributed by atoms with van der Waals surface area (Å²) in [6, 6.07) is 3.94. The highest BCUT2D eigenvalue weighted by Gasteiger charge is 2.23. The lowest BCUT2D eigenvalue weighted by atomic mass is 10.2. The minimum Gasteiger partial charge on any atom is -0.380 e. The molecule has 0 aliphatic carbocycles. The number of carbonyl (C=O) groups is 1. The smallest absolute Gasteiger partial charge is 0.259 e. The van der Waals surface area contributed by atoms with Gasteiger partial charge in [-0.15, -0.1) is 11.3 Å². The number of nitrogens with one attached hydrogen (secondary N) is 1. The Bertz CT molecular complexity index is 621. The molecule has 1 atom stereocenters. The monoisotopic (exact) mass is 309 g/mol. The second-order valence-corrected chi connectivity index (χ2v) is 5.81. The second kappa shape index (κ2) is 6.73. The molecule has 0 saturated carbocycles. The average molecular weight is 309 g/mol. The molecule has 3 N–H and O–H groups in total. The zero-order chi connectivity index (χ0) is 15.4. The number of ether oxygens (including phenoxy) is 1. The van der Waals surface area contributed by atoms with E-state index in [-0.39, 0.29) is 23.5 Å². The summed E-state index contributed by atoms with van der Waals surface area (Å²) in [5.74, 6) is -0.280. The summed E-state index contributed by atoms with van der Waals surface area (Å²) >= 11 is 1.58. The van der Waals surface area contributed by atoms with Gasteiger partial charge in [0.15, 0.2) is 0 Å². The third-order valence-electron chi connectivity index (χ3n) is 3.14. The summed E-state index contributed by atoms with van der Waals surface area (Å²) < 4.78 is 10.1. The molecule has 0 aliphatic rings. The Morgan fingerprint density at radius 2 is 2.33 bits per heavy atom. The molecule has 0 spiro atoms. The SMILES string of the molecule is CCc1ccc(-c2noc(N)c2C(=O)NCC(C)OC)s1. The van der Waals surface area contributed by atoms with Crippen LogP contribution in [-0.2, 0) is 11.2 Å². The van der Waals surface area contributed by atoms with Crippen molar-refractivity contribution in [1.29, 1.82) is 0 Å². The van der Waals surface area contributed by atoms with Gasteiger partial charge in [0, 0.05) is 18.5 Å². The standard InChI is InChI=1S/C14H19N3O3S/c1-4-9-5-6-10(21-9)12-11(13(15)20-17-12)14(18)16-7-8(2)19-3/h5-6,8H,4,7,15H2,1-3H3,(H,16,18). The first kappa shape index (κ1) is 15.5. The van der Waals surface area contributed by atoms with E-state index in [9.17, 15) is 4.79 Å². The molecule has 0 saturated heterocycles. The second-order valence-electron chi connectivity index (χ2n) is 4.65. The van der Waals surface area contributed by atoms with Crippen molar-refractivity contribution in [1.82, 2.24) is 10.5 Å². The van der Waals surface area contributed by atoms with Crippen molar-refractivity contribution in [2.24, 2.45) is 0 Å². The van der Waals surface area contributed by atoms with E-state index < -0.39 is 0 Å². The molecule has 21 heavy (non-hydrogen) atoms. The predicted octanol–water partition coefficient (Wildman–Crippen LogP) is 2.31. The Kier molecular flexibility index (Phi) is 4.98. The molecular formula is C14H19N3O3S. The van der Waals surface area contributed by atoms with Crippen molar-refractivity contribution < 1.29 is 14.1 Å². The van der Waals surface area contributed by atoms with Gasteiger partial charge in [-0.2, -0.15) is 0 Å². The van der Waals surface area contributed by atoms with Gasteiger partial charge in [-0.25, -0.2) is 0 Å². The maximum atomic E-state index is 12.3. The van der Waals surface area contributed by atoms with E-state index in [1.54, 1.807) is 18.4 Å². The van der Waals surface area contributed by atoms with Crippen LogP contribution in [0, 0.1) is 0 Å². The van der Waals surface area contributed by atoms with E-state index in [4.69, 9.17) is 15.0 Å². The van der Waals surface area contributed by atoms with Gasteiger partial charge in [0.2, 0.25) is 5.88 Å². The Morgan fingerprint density at radius 1 is 1.57 bits per heavy atom. The fourth-order valence-corrected chi connectivity index (χ4v) is 2.73. The van der Waals surface area contributed by atoms with Crippen molar-refractivity contribution in [3.05, 3.63) is 22.6 Å². The summed E-state index contributed by atoms with van der Waals surface area (Å²) in [4.78, 5) is 14.4. The minimum absolute atomic E-state index is 0.0269. The van der Waals surface area contributed by atoms with Gasteiger partial charge in [-0.1, -0.05) is 12.1 Å². The molecule has 2 rings (SSSR count). The first-order chi connectivity index (χ1) is 10.1. The Hall–Kier alpha value is -1.86. The molecule has 0 aromatic carbocycles. The molecule has 114 valence electrons. The first-order valence-corrected chi connectivity index (χ1v) is 7.53. The maximum absolute atomic E-state index is 12.3. The Labute approximate surface area is 127 Å². The molecular weight excluding hydrogens is 290 g/mol. The summed E-state index contributed by atoms with van der Waals surface area (Å²) in [6.45, 7) is 4.33. The molecule has 2 aromatic rings. The molecule has 1 amide bonds. The van der Waals surface area contributed by atoms with E-state index >= 15 is 0 Å². The van der Waals surface area contributed by atoms with Gasteiger partial charge in [0.25, 0.3) is 5.91 Å². The summed E-state index contributed by atoms with van der Waals surface area (Å²) in [7, 11) is 1.59. The lowest BCUT2D eigenvalue weighted by molar-refractivity contribution is 0.0871.